The van der Waals surface area contributed by atoms with Gasteiger partial charge in [-0.3, -0.25) is 4.79 Å². The Morgan fingerprint density at radius 2 is 1.38 bits per heavy atom. The van der Waals surface area contributed by atoms with E-state index in [1.807, 2.05) is 54.6 Å². The van der Waals surface area contributed by atoms with Crippen LogP contribution >= 0.6 is 0 Å². The maximum Gasteiger partial charge on any atom is 0.417 e. The van der Waals surface area contributed by atoms with Crippen molar-refractivity contribution in [3.05, 3.63) is 131 Å². The van der Waals surface area contributed by atoms with E-state index in [0.717, 1.165) is 22.4 Å². The van der Waals surface area contributed by atoms with Gasteiger partial charge in [-0.1, -0.05) is 54.6 Å². The van der Waals surface area contributed by atoms with Crippen molar-refractivity contribution in [3.63, 3.8) is 0 Å². The zero-order chi connectivity index (χ0) is 36.1. The van der Waals surface area contributed by atoms with E-state index in [9.17, 15) is 18.4 Å². The lowest BCUT2D eigenvalue weighted by Gasteiger charge is -2.34. The van der Waals surface area contributed by atoms with Gasteiger partial charge in [-0.2, -0.15) is 0 Å². The van der Waals surface area contributed by atoms with Crippen LogP contribution in [0.4, 0.5) is 19.3 Å². The minimum absolute atomic E-state index is 0.0387. The number of amides is 2. The molecule has 1 N–H and O–H groups in total. The number of cyclic esters (lactones) is 1. The Hall–Kier alpha value is -4.33. The summed E-state index contributed by atoms with van der Waals surface area (Å²) in [6, 6.07) is 27.9. The van der Waals surface area contributed by atoms with Crippen molar-refractivity contribution >= 4 is 34.3 Å². The van der Waals surface area contributed by atoms with Crippen molar-refractivity contribution in [2.45, 2.75) is 70.3 Å². The van der Waals surface area contributed by atoms with Crippen LogP contribution in [0, 0.1) is 17.6 Å². The second kappa shape index (κ2) is 15.7. The number of rotatable bonds is 14. The molecule has 0 aromatic heterocycles. The normalized spacial score (nSPS) is 16.8. The number of carbonyl (C=O) groups excluding carboxylic acids is 2. The molecule has 264 valence electrons. The van der Waals surface area contributed by atoms with Gasteiger partial charge in [-0.15, -0.1) is 0 Å². The number of nitrogens with one attached hydrogen (secondary N) is 1. The maximum atomic E-state index is 15.0. The number of ether oxygens (including phenoxy) is 1. The van der Waals surface area contributed by atoms with Crippen molar-refractivity contribution in [2.24, 2.45) is 5.92 Å². The standard InChI is InChI=1S/C39H46F2N2O5Si2/c1-49(2,3)47-33-22-14-29(15-23-33)37(42-32-20-18-31(41)19-21-32)34(24-25-36(48-50(4,5)6)28-12-16-30(40)17-13-28)38(44)43-35(26-46-39(43)45)27-10-8-7-9-11-27/h7-23,34-37,42H,24-26H2,1-6H3/t34-,35+,36-,37-/m0/s1. The lowest BCUT2D eigenvalue weighted by molar-refractivity contribution is -0.134. The number of benzene rings is 4. The second-order valence-corrected chi connectivity index (χ2v) is 23.5. The van der Waals surface area contributed by atoms with E-state index < -0.39 is 52.7 Å². The summed E-state index contributed by atoms with van der Waals surface area (Å²) in [6.07, 6.45) is -0.430. The van der Waals surface area contributed by atoms with E-state index in [1.54, 1.807) is 24.3 Å². The van der Waals surface area contributed by atoms with E-state index in [4.69, 9.17) is 13.6 Å². The molecular weight excluding hydrogens is 671 g/mol. The van der Waals surface area contributed by atoms with Gasteiger partial charge in [0.1, 0.15) is 30.0 Å². The molecule has 11 heteroatoms. The topological polar surface area (TPSA) is 77.1 Å². The molecule has 0 aliphatic carbocycles. The van der Waals surface area contributed by atoms with Crippen molar-refractivity contribution in [1.82, 2.24) is 4.90 Å². The highest BCUT2D eigenvalue weighted by Crippen LogP contribution is 2.39. The molecule has 5 rings (SSSR count). The van der Waals surface area contributed by atoms with Crippen molar-refractivity contribution in [3.8, 4) is 5.75 Å². The van der Waals surface area contributed by atoms with Crippen LogP contribution in [0.5, 0.6) is 5.75 Å². The highest BCUT2D eigenvalue weighted by molar-refractivity contribution is 6.70. The van der Waals surface area contributed by atoms with E-state index >= 15 is 0 Å². The molecule has 4 aromatic rings. The van der Waals surface area contributed by atoms with Crippen LogP contribution in [-0.2, 0) is 14.0 Å². The first-order valence-corrected chi connectivity index (χ1v) is 23.8. The number of imide groups is 1. The average Bonchev–Trinajstić information content (AvgIpc) is 3.45. The van der Waals surface area contributed by atoms with E-state index in [-0.39, 0.29) is 18.2 Å². The quantitative estimate of drug-likeness (QED) is 0.131. The van der Waals surface area contributed by atoms with Crippen LogP contribution in [-0.4, -0.2) is 40.1 Å². The first-order valence-electron chi connectivity index (χ1n) is 17.0. The number of halogens is 2. The van der Waals surface area contributed by atoms with Gasteiger partial charge in [0.25, 0.3) is 0 Å². The van der Waals surface area contributed by atoms with Gasteiger partial charge in [0, 0.05) is 5.69 Å². The Bertz CT molecular complexity index is 1730. The summed E-state index contributed by atoms with van der Waals surface area (Å²) in [5, 5.41) is 3.50. The number of hydrogen-bond donors (Lipinski definition) is 1. The summed E-state index contributed by atoms with van der Waals surface area (Å²) < 4.78 is 46.3. The van der Waals surface area contributed by atoms with Gasteiger partial charge in [0.2, 0.25) is 14.2 Å². The van der Waals surface area contributed by atoms with Gasteiger partial charge in [0.05, 0.1) is 18.1 Å². The molecule has 1 heterocycles. The number of carbonyl (C=O) groups is 2. The molecule has 1 fully saturated rings. The third-order valence-corrected chi connectivity index (χ3v) is 10.2. The summed E-state index contributed by atoms with van der Waals surface area (Å²) in [5.74, 6) is -1.23. The molecule has 0 bridgehead atoms. The molecule has 50 heavy (non-hydrogen) atoms. The first-order chi connectivity index (χ1) is 23.7. The summed E-state index contributed by atoms with van der Waals surface area (Å²) in [7, 11) is -4.01. The fourth-order valence-corrected chi connectivity index (χ4v) is 8.12. The molecule has 2 amide bonds. The van der Waals surface area contributed by atoms with E-state index in [2.05, 4.69) is 44.6 Å². The molecular formula is C39H46F2N2O5Si2. The second-order valence-electron chi connectivity index (χ2n) is 14.6. The highest BCUT2D eigenvalue weighted by Gasteiger charge is 2.44. The molecule has 1 aliphatic heterocycles. The smallest absolute Gasteiger partial charge is 0.417 e. The fourth-order valence-electron chi connectivity index (χ4n) is 6.16. The first kappa shape index (κ1) is 36.9. The van der Waals surface area contributed by atoms with Gasteiger partial charge in [-0.05, 0) is 117 Å². The van der Waals surface area contributed by atoms with Crippen LogP contribution in [0.3, 0.4) is 0 Å². The van der Waals surface area contributed by atoms with Crippen molar-refractivity contribution in [1.29, 1.82) is 0 Å². The molecule has 7 nitrogen and oxygen atoms in total. The van der Waals surface area contributed by atoms with E-state index in [1.165, 1.54) is 29.2 Å². The molecule has 1 saturated heterocycles. The van der Waals surface area contributed by atoms with Crippen molar-refractivity contribution < 1.29 is 32.0 Å². The van der Waals surface area contributed by atoms with Gasteiger partial charge < -0.3 is 18.9 Å². The van der Waals surface area contributed by atoms with Crippen molar-refractivity contribution in [2.75, 3.05) is 11.9 Å². The minimum atomic E-state index is -2.12. The van der Waals surface area contributed by atoms with Crippen LogP contribution in [0.2, 0.25) is 39.3 Å². The summed E-state index contributed by atoms with van der Waals surface area (Å²) in [4.78, 5) is 29.6. The highest BCUT2D eigenvalue weighted by atomic mass is 28.4. The van der Waals surface area contributed by atoms with Gasteiger partial charge in [-0.25, -0.2) is 18.5 Å². The monoisotopic (exact) mass is 716 g/mol. The maximum absolute atomic E-state index is 15.0. The summed E-state index contributed by atoms with van der Waals surface area (Å²) in [5.41, 5.74) is 2.98. The summed E-state index contributed by atoms with van der Waals surface area (Å²) >= 11 is 0. The molecule has 1 aliphatic rings. The van der Waals surface area contributed by atoms with Crippen LogP contribution in [0.25, 0.3) is 0 Å². The van der Waals surface area contributed by atoms with Crippen LogP contribution in [0.15, 0.2) is 103 Å². The lowest BCUT2D eigenvalue weighted by Crippen LogP contribution is -2.42. The molecule has 4 atom stereocenters. The number of anilines is 1. The predicted octanol–water partition coefficient (Wildman–Crippen LogP) is 10.0. The van der Waals surface area contributed by atoms with Crippen LogP contribution in [0.1, 0.15) is 47.7 Å². The minimum Gasteiger partial charge on any atom is -0.544 e. The third-order valence-electron chi connectivity index (χ3n) is 8.32. The SMILES string of the molecule is C[Si](C)(C)Oc1ccc([C@H](Nc2ccc(F)cc2)[C@H](CC[C@H](O[Si](C)(C)C)c2ccc(F)cc2)C(=O)N2C(=O)OC[C@@H]2c2ccccc2)cc1. The molecule has 0 spiro atoms. The Balaban J connectivity index is 1.58. The molecule has 0 saturated carbocycles. The summed E-state index contributed by atoms with van der Waals surface area (Å²) in [6.45, 7) is 12.6. The Morgan fingerprint density at radius 3 is 1.96 bits per heavy atom. The van der Waals surface area contributed by atoms with Gasteiger partial charge >= 0.3 is 6.09 Å². The zero-order valence-corrected chi connectivity index (χ0v) is 31.5. The Morgan fingerprint density at radius 1 is 0.800 bits per heavy atom. The number of nitrogens with zero attached hydrogens (tertiary/aromatic N) is 1. The fraction of sp³-hybridized carbons (Fsp3) is 0.333. The molecule has 0 unspecified atom stereocenters. The third kappa shape index (κ3) is 9.89. The predicted molar refractivity (Wildman–Crippen MR) is 197 cm³/mol. The average molecular weight is 717 g/mol. The molecule has 0 radical (unpaired) electrons. The number of hydrogen-bond acceptors (Lipinski definition) is 6. The van der Waals surface area contributed by atoms with Gasteiger partial charge in [0.15, 0.2) is 8.32 Å². The zero-order valence-electron chi connectivity index (χ0n) is 29.5. The molecule has 4 aromatic carbocycles. The lowest BCUT2D eigenvalue weighted by atomic mass is 9.85. The van der Waals surface area contributed by atoms with Crippen LogP contribution < -0.4 is 9.74 Å². The largest absolute Gasteiger partial charge is 0.544 e. The Labute approximate surface area is 295 Å². The van der Waals surface area contributed by atoms with E-state index in [0.29, 0.717) is 18.5 Å². The Kier molecular flexibility index (Phi) is 11.6.